The fourth-order valence-corrected chi connectivity index (χ4v) is 2.00. The van der Waals surface area contributed by atoms with Crippen molar-refractivity contribution in [2.24, 2.45) is 11.8 Å². The van der Waals surface area contributed by atoms with Gasteiger partial charge in [-0.2, -0.15) is 0 Å². The molecule has 0 spiro atoms. The van der Waals surface area contributed by atoms with Gasteiger partial charge in [0, 0.05) is 12.5 Å². The fourth-order valence-electron chi connectivity index (χ4n) is 2.00. The second-order valence-electron chi connectivity index (χ2n) is 4.96. The van der Waals surface area contributed by atoms with Crippen LogP contribution in [0.5, 0.6) is 0 Å². The Morgan fingerprint density at radius 3 is 2.60 bits per heavy atom. The molecule has 0 heterocycles. The molecule has 1 atom stereocenters. The van der Waals surface area contributed by atoms with Gasteiger partial charge in [0.1, 0.15) is 5.78 Å². The van der Waals surface area contributed by atoms with Crippen molar-refractivity contribution in [3.63, 3.8) is 0 Å². The number of aliphatic hydroxyl groups is 1. The van der Waals surface area contributed by atoms with E-state index in [1.165, 1.54) is 0 Å². The zero-order chi connectivity index (χ0) is 11.4. The first-order valence-electron chi connectivity index (χ1n) is 5.92. The van der Waals surface area contributed by atoms with Crippen LogP contribution in [0.1, 0.15) is 33.1 Å². The van der Waals surface area contributed by atoms with E-state index in [2.05, 4.69) is 4.90 Å². The van der Waals surface area contributed by atoms with Crippen molar-refractivity contribution in [3.05, 3.63) is 0 Å². The number of ketones is 1. The number of likely N-dealkylation sites (N-methyl/N-ethyl adjacent to an activating group) is 1. The molecule has 0 aromatic carbocycles. The molecular weight excluding hydrogens is 190 g/mol. The molecule has 1 unspecified atom stereocenters. The molecule has 88 valence electrons. The summed E-state index contributed by atoms with van der Waals surface area (Å²) in [6.07, 6.45) is 2.65. The molecular formula is C12H23NO2. The van der Waals surface area contributed by atoms with Crippen molar-refractivity contribution in [2.75, 3.05) is 20.1 Å². The Balaban J connectivity index is 2.18. The molecule has 0 radical (unpaired) electrons. The number of carbonyl (C=O) groups is 1. The molecule has 0 saturated heterocycles. The minimum Gasteiger partial charge on any atom is -0.393 e. The third kappa shape index (κ3) is 3.92. The molecule has 0 aromatic heterocycles. The quantitative estimate of drug-likeness (QED) is 0.723. The Morgan fingerprint density at radius 1 is 1.53 bits per heavy atom. The maximum Gasteiger partial charge on any atom is 0.149 e. The molecule has 0 aromatic rings. The minimum atomic E-state index is -0.0892. The van der Waals surface area contributed by atoms with E-state index in [1.54, 1.807) is 0 Å². The van der Waals surface area contributed by atoms with Crippen LogP contribution in [-0.4, -0.2) is 42.0 Å². The van der Waals surface area contributed by atoms with Crippen molar-refractivity contribution in [1.82, 2.24) is 4.90 Å². The van der Waals surface area contributed by atoms with Crippen LogP contribution in [0.2, 0.25) is 0 Å². The van der Waals surface area contributed by atoms with Gasteiger partial charge in [-0.1, -0.05) is 13.8 Å². The van der Waals surface area contributed by atoms with Crippen LogP contribution in [-0.2, 0) is 4.79 Å². The van der Waals surface area contributed by atoms with Crippen LogP contribution in [0.25, 0.3) is 0 Å². The molecule has 1 aliphatic rings. The first-order valence-corrected chi connectivity index (χ1v) is 5.92. The van der Waals surface area contributed by atoms with E-state index in [0.29, 0.717) is 18.2 Å². The summed E-state index contributed by atoms with van der Waals surface area (Å²) in [6, 6.07) is 0. The monoisotopic (exact) mass is 213 g/mol. The van der Waals surface area contributed by atoms with Gasteiger partial charge in [-0.05, 0) is 32.2 Å². The van der Waals surface area contributed by atoms with Crippen molar-refractivity contribution >= 4 is 5.78 Å². The van der Waals surface area contributed by atoms with Gasteiger partial charge in [0.25, 0.3) is 0 Å². The summed E-state index contributed by atoms with van der Waals surface area (Å²) in [5.41, 5.74) is 0. The lowest BCUT2D eigenvalue weighted by Crippen LogP contribution is -2.39. The van der Waals surface area contributed by atoms with E-state index in [9.17, 15) is 4.79 Å². The summed E-state index contributed by atoms with van der Waals surface area (Å²) in [5, 5.41) is 9.15. The van der Waals surface area contributed by atoms with Gasteiger partial charge in [-0.25, -0.2) is 0 Å². The van der Waals surface area contributed by atoms with Crippen molar-refractivity contribution in [1.29, 1.82) is 0 Å². The summed E-state index contributed by atoms with van der Waals surface area (Å²) < 4.78 is 0. The van der Waals surface area contributed by atoms with E-state index in [1.807, 2.05) is 20.9 Å². The van der Waals surface area contributed by atoms with Gasteiger partial charge in [-0.3, -0.25) is 9.69 Å². The van der Waals surface area contributed by atoms with Gasteiger partial charge in [0.2, 0.25) is 0 Å². The summed E-state index contributed by atoms with van der Waals surface area (Å²) >= 11 is 0. The Kier molecular flexibility index (Phi) is 4.74. The lowest BCUT2D eigenvalue weighted by atomic mass is 9.82. The van der Waals surface area contributed by atoms with Crippen LogP contribution in [0.15, 0.2) is 0 Å². The number of hydrogen-bond donors (Lipinski definition) is 1. The topological polar surface area (TPSA) is 40.5 Å². The van der Waals surface area contributed by atoms with Gasteiger partial charge < -0.3 is 5.11 Å². The number of carbonyl (C=O) groups excluding carboxylic acids is 1. The number of hydrogen-bond acceptors (Lipinski definition) is 3. The maximum atomic E-state index is 11.6. The SMILES string of the molecule is CCC(C)C(=O)CN(C)CC1CC(O)C1. The third-order valence-corrected chi connectivity index (χ3v) is 3.37. The van der Waals surface area contributed by atoms with Gasteiger partial charge >= 0.3 is 0 Å². The second-order valence-corrected chi connectivity index (χ2v) is 4.96. The van der Waals surface area contributed by atoms with Crippen molar-refractivity contribution in [3.8, 4) is 0 Å². The van der Waals surface area contributed by atoms with Gasteiger partial charge in [-0.15, -0.1) is 0 Å². The average molecular weight is 213 g/mol. The van der Waals surface area contributed by atoms with Crippen LogP contribution in [0, 0.1) is 11.8 Å². The normalized spacial score (nSPS) is 27.5. The summed E-state index contributed by atoms with van der Waals surface area (Å²) in [4.78, 5) is 13.7. The number of Topliss-reactive ketones (excluding diaryl/α,β-unsaturated/α-hetero) is 1. The number of nitrogens with zero attached hydrogens (tertiary/aromatic N) is 1. The molecule has 0 aliphatic heterocycles. The van der Waals surface area contributed by atoms with Crippen molar-refractivity contribution in [2.45, 2.75) is 39.2 Å². The average Bonchev–Trinajstić information content (AvgIpc) is 2.14. The Bertz CT molecular complexity index is 212. The van der Waals surface area contributed by atoms with E-state index < -0.39 is 0 Å². The van der Waals surface area contributed by atoms with Crippen LogP contribution in [0.3, 0.4) is 0 Å². The Hall–Kier alpha value is -0.410. The van der Waals surface area contributed by atoms with E-state index in [0.717, 1.165) is 25.8 Å². The lowest BCUT2D eigenvalue weighted by Gasteiger charge is -2.34. The van der Waals surface area contributed by atoms with E-state index in [4.69, 9.17) is 5.11 Å². The molecule has 1 aliphatic carbocycles. The lowest BCUT2D eigenvalue weighted by molar-refractivity contribution is -0.123. The van der Waals surface area contributed by atoms with Crippen LogP contribution in [0.4, 0.5) is 0 Å². The summed E-state index contributed by atoms with van der Waals surface area (Å²) in [7, 11) is 1.99. The van der Waals surface area contributed by atoms with E-state index in [-0.39, 0.29) is 12.0 Å². The zero-order valence-electron chi connectivity index (χ0n) is 10.1. The first-order chi connectivity index (χ1) is 7.02. The second kappa shape index (κ2) is 5.61. The highest BCUT2D eigenvalue weighted by molar-refractivity contribution is 5.82. The standard InChI is InChI=1S/C12H23NO2/c1-4-9(2)12(15)8-13(3)7-10-5-11(14)6-10/h9-11,14H,4-8H2,1-3H3. The smallest absolute Gasteiger partial charge is 0.149 e. The number of aliphatic hydroxyl groups excluding tert-OH is 1. The van der Waals surface area contributed by atoms with Crippen molar-refractivity contribution < 1.29 is 9.90 Å². The van der Waals surface area contributed by atoms with Gasteiger partial charge in [0.15, 0.2) is 0 Å². The molecule has 1 N–H and O–H groups in total. The molecule has 3 heteroatoms. The fraction of sp³-hybridized carbons (Fsp3) is 0.917. The highest BCUT2D eigenvalue weighted by atomic mass is 16.3. The Morgan fingerprint density at radius 2 is 2.13 bits per heavy atom. The third-order valence-electron chi connectivity index (χ3n) is 3.37. The van der Waals surface area contributed by atoms with Crippen LogP contribution < -0.4 is 0 Å². The molecule has 0 bridgehead atoms. The molecule has 0 amide bonds. The maximum absolute atomic E-state index is 11.6. The highest BCUT2D eigenvalue weighted by Crippen LogP contribution is 2.27. The first kappa shape index (κ1) is 12.7. The summed E-state index contributed by atoms with van der Waals surface area (Å²) in [5.74, 6) is 1.11. The number of rotatable bonds is 6. The molecule has 1 fully saturated rings. The van der Waals surface area contributed by atoms with Crippen LogP contribution >= 0.6 is 0 Å². The Labute approximate surface area is 92.5 Å². The predicted octanol–water partition coefficient (Wildman–Crippen LogP) is 1.30. The molecule has 1 saturated carbocycles. The van der Waals surface area contributed by atoms with E-state index >= 15 is 0 Å². The molecule has 1 rings (SSSR count). The predicted molar refractivity (Wildman–Crippen MR) is 60.7 cm³/mol. The molecule has 3 nitrogen and oxygen atoms in total. The highest BCUT2D eigenvalue weighted by Gasteiger charge is 2.28. The minimum absolute atomic E-state index is 0.0892. The largest absolute Gasteiger partial charge is 0.393 e. The van der Waals surface area contributed by atoms with Gasteiger partial charge in [0.05, 0.1) is 12.6 Å². The zero-order valence-corrected chi connectivity index (χ0v) is 10.1. The summed E-state index contributed by atoms with van der Waals surface area (Å²) in [6.45, 7) is 5.54. The molecule has 15 heavy (non-hydrogen) atoms.